The molecule has 0 saturated heterocycles. The van der Waals surface area contributed by atoms with Crippen LogP contribution in [0.3, 0.4) is 0 Å². The van der Waals surface area contributed by atoms with Crippen molar-refractivity contribution in [2.24, 2.45) is 0 Å². The normalized spacial score (nSPS) is 13.7. The van der Waals surface area contributed by atoms with E-state index >= 15 is 0 Å². The molecule has 19 heavy (non-hydrogen) atoms. The largest absolute Gasteiger partial charge is 0.422 e. The monoisotopic (exact) mass is 416 g/mol. The molecule has 0 heterocycles. The second kappa shape index (κ2) is 5.99. The Kier molecular flexibility index (Phi) is 5.28. The molecular weight excluding hydrogens is 413 g/mol. The maximum absolute atomic E-state index is 13.4. The molecule has 0 unspecified atom stereocenters. The molecule has 0 saturated carbocycles. The Morgan fingerprint density at radius 2 is 1.32 bits per heavy atom. The van der Waals surface area contributed by atoms with Gasteiger partial charge in [-0.3, -0.25) is 0 Å². The summed E-state index contributed by atoms with van der Waals surface area (Å²) in [6.45, 7) is 0. The van der Waals surface area contributed by atoms with Gasteiger partial charge < -0.3 is 0 Å². The summed E-state index contributed by atoms with van der Waals surface area (Å²) in [7, 11) is 0. The average molecular weight is 418 g/mol. The van der Waals surface area contributed by atoms with Gasteiger partial charge in [0, 0.05) is 15.7 Å². The fourth-order valence-corrected chi connectivity index (χ4v) is 1.93. The minimum absolute atomic E-state index is 0.191. The van der Waals surface area contributed by atoms with Gasteiger partial charge in [-0.05, 0) is 6.42 Å². The van der Waals surface area contributed by atoms with Crippen molar-refractivity contribution in [2.45, 2.75) is 17.4 Å². The van der Waals surface area contributed by atoms with Crippen LogP contribution < -0.4 is 0 Å². The fourth-order valence-electron chi connectivity index (χ4n) is 1.38. The lowest BCUT2D eigenvalue weighted by atomic mass is 10.0. The smallest absolute Gasteiger partial charge is 0.203 e. The number of hydrogen-bond donors (Lipinski definition) is 0. The van der Waals surface area contributed by atoms with Gasteiger partial charge in [-0.15, -0.1) is 0 Å². The number of alkyl halides is 5. The molecule has 0 fully saturated rings. The minimum Gasteiger partial charge on any atom is -0.203 e. The molecule has 1 atom stereocenters. The summed E-state index contributed by atoms with van der Waals surface area (Å²) in [5.74, 6) is -8.93. The molecule has 1 rings (SSSR count). The topological polar surface area (TPSA) is 0 Å². The molecule has 0 aromatic heterocycles. The SMILES string of the molecule is Fc1c(F)c(C(F)(F)F)c(F)c(F)c1C[C@H](Br)CBr. The molecule has 0 amide bonds. The van der Waals surface area contributed by atoms with Gasteiger partial charge >= 0.3 is 6.18 Å². The highest BCUT2D eigenvalue weighted by molar-refractivity contribution is 9.12. The van der Waals surface area contributed by atoms with Gasteiger partial charge in [0.15, 0.2) is 23.3 Å². The van der Waals surface area contributed by atoms with Gasteiger partial charge in [0.05, 0.1) is 0 Å². The Morgan fingerprint density at radius 3 is 1.63 bits per heavy atom. The summed E-state index contributed by atoms with van der Waals surface area (Å²) >= 11 is 5.89. The van der Waals surface area contributed by atoms with E-state index in [1.165, 1.54) is 0 Å². The number of halogens is 9. The average Bonchev–Trinajstić information content (AvgIpc) is 2.30. The summed E-state index contributed by atoms with van der Waals surface area (Å²) in [5.41, 5.74) is -3.62. The highest BCUT2D eigenvalue weighted by atomic mass is 79.9. The van der Waals surface area contributed by atoms with Crippen molar-refractivity contribution in [3.8, 4) is 0 Å². The van der Waals surface area contributed by atoms with Crippen LogP contribution in [-0.2, 0) is 12.6 Å². The van der Waals surface area contributed by atoms with Crippen LogP contribution in [0.15, 0.2) is 0 Å². The number of hydrogen-bond acceptors (Lipinski definition) is 0. The van der Waals surface area contributed by atoms with Crippen LogP contribution in [0.2, 0.25) is 0 Å². The number of benzene rings is 1. The molecule has 0 aliphatic rings. The van der Waals surface area contributed by atoms with Crippen LogP contribution in [0.25, 0.3) is 0 Å². The van der Waals surface area contributed by atoms with E-state index < -0.39 is 51.8 Å². The molecule has 9 heteroatoms. The minimum atomic E-state index is -5.52. The summed E-state index contributed by atoms with van der Waals surface area (Å²) < 4.78 is 90.2. The zero-order valence-corrected chi connectivity index (χ0v) is 12.1. The Morgan fingerprint density at radius 1 is 0.895 bits per heavy atom. The predicted octanol–water partition coefficient (Wildman–Crippen LogP) is 4.96. The summed E-state index contributed by atoms with van der Waals surface area (Å²) in [5, 5.41) is 0.191. The first-order valence-electron chi connectivity index (χ1n) is 4.73. The Labute approximate surface area is 120 Å². The first-order chi connectivity index (χ1) is 8.61. The van der Waals surface area contributed by atoms with Gasteiger partial charge in [0.2, 0.25) is 0 Å². The highest BCUT2D eigenvalue weighted by Gasteiger charge is 2.42. The van der Waals surface area contributed by atoms with E-state index in [1.54, 1.807) is 0 Å². The molecular formula is C10H5Br2F7. The van der Waals surface area contributed by atoms with E-state index in [-0.39, 0.29) is 5.33 Å². The van der Waals surface area contributed by atoms with E-state index in [4.69, 9.17) is 0 Å². The fraction of sp³-hybridized carbons (Fsp3) is 0.400. The first-order valence-corrected chi connectivity index (χ1v) is 6.77. The lowest BCUT2D eigenvalue weighted by Gasteiger charge is -2.15. The van der Waals surface area contributed by atoms with Crippen molar-refractivity contribution in [1.82, 2.24) is 0 Å². The zero-order chi connectivity index (χ0) is 15.0. The zero-order valence-electron chi connectivity index (χ0n) is 8.89. The third kappa shape index (κ3) is 3.42. The second-order valence-electron chi connectivity index (χ2n) is 3.56. The van der Waals surface area contributed by atoms with Crippen LogP contribution in [0.4, 0.5) is 30.7 Å². The molecule has 0 aliphatic heterocycles. The van der Waals surface area contributed by atoms with Crippen molar-refractivity contribution < 1.29 is 30.7 Å². The number of rotatable bonds is 3. The van der Waals surface area contributed by atoms with Crippen molar-refractivity contribution in [3.05, 3.63) is 34.4 Å². The summed E-state index contributed by atoms with van der Waals surface area (Å²) in [6, 6.07) is 0. The third-order valence-electron chi connectivity index (χ3n) is 2.23. The highest BCUT2D eigenvalue weighted by Crippen LogP contribution is 2.37. The lowest BCUT2D eigenvalue weighted by molar-refractivity contribution is -0.143. The van der Waals surface area contributed by atoms with Gasteiger partial charge in [0.1, 0.15) is 5.56 Å². The third-order valence-corrected chi connectivity index (χ3v) is 4.53. The van der Waals surface area contributed by atoms with Crippen LogP contribution in [0.1, 0.15) is 11.1 Å². The van der Waals surface area contributed by atoms with Crippen LogP contribution in [-0.4, -0.2) is 10.2 Å². The van der Waals surface area contributed by atoms with Crippen molar-refractivity contribution in [3.63, 3.8) is 0 Å². The van der Waals surface area contributed by atoms with Crippen molar-refractivity contribution in [1.29, 1.82) is 0 Å². The van der Waals surface area contributed by atoms with Gasteiger partial charge in [0.25, 0.3) is 0 Å². The van der Waals surface area contributed by atoms with Crippen LogP contribution >= 0.6 is 31.9 Å². The maximum Gasteiger partial charge on any atom is 0.422 e. The standard InChI is InChI=1S/C10H5Br2F7/c11-2-3(12)1-4-6(13)8(15)5(10(17,18)19)9(16)7(4)14/h3H,1-2H2/t3-/m0/s1. The predicted molar refractivity (Wildman–Crippen MR) is 61.5 cm³/mol. The Hall–Kier alpha value is -0.310. The maximum atomic E-state index is 13.4. The quantitative estimate of drug-likeness (QED) is 0.370. The molecule has 0 radical (unpaired) electrons. The van der Waals surface area contributed by atoms with E-state index in [1.807, 2.05) is 0 Å². The van der Waals surface area contributed by atoms with Crippen molar-refractivity contribution in [2.75, 3.05) is 5.33 Å². The summed E-state index contributed by atoms with van der Waals surface area (Å²) in [4.78, 5) is -0.591. The lowest BCUT2D eigenvalue weighted by Crippen LogP contribution is -2.18. The van der Waals surface area contributed by atoms with Gasteiger partial charge in [-0.25, -0.2) is 17.6 Å². The molecule has 1 aromatic rings. The molecule has 1 aromatic carbocycles. The molecule has 0 N–H and O–H groups in total. The molecule has 0 aliphatic carbocycles. The van der Waals surface area contributed by atoms with Crippen molar-refractivity contribution >= 4 is 31.9 Å². The summed E-state index contributed by atoms with van der Waals surface area (Å²) in [6.07, 6.45) is -6.02. The van der Waals surface area contributed by atoms with Gasteiger partial charge in [-0.2, -0.15) is 13.2 Å². The second-order valence-corrected chi connectivity index (χ2v) is 5.51. The Bertz CT molecular complexity index is 455. The Balaban J connectivity index is 3.48. The van der Waals surface area contributed by atoms with Gasteiger partial charge in [-0.1, -0.05) is 31.9 Å². The molecule has 0 spiro atoms. The first kappa shape index (κ1) is 16.7. The molecule has 0 nitrogen and oxygen atoms in total. The van der Waals surface area contributed by atoms with Crippen LogP contribution in [0, 0.1) is 23.3 Å². The van der Waals surface area contributed by atoms with E-state index in [0.717, 1.165) is 0 Å². The molecule has 0 bridgehead atoms. The van der Waals surface area contributed by atoms with E-state index in [2.05, 4.69) is 31.9 Å². The van der Waals surface area contributed by atoms with E-state index in [9.17, 15) is 30.7 Å². The van der Waals surface area contributed by atoms with Crippen LogP contribution in [0.5, 0.6) is 0 Å². The molecule has 108 valence electrons. The van der Waals surface area contributed by atoms with E-state index in [0.29, 0.717) is 0 Å².